The Hall–Kier alpha value is -2.56. The molecule has 0 spiro atoms. The van der Waals surface area contributed by atoms with Gasteiger partial charge in [0.05, 0.1) is 6.20 Å². The molecule has 2 aromatic heterocycles. The fourth-order valence-electron chi connectivity index (χ4n) is 3.33. The van der Waals surface area contributed by atoms with Gasteiger partial charge < -0.3 is 10.2 Å². The monoisotopic (exact) mass is 413 g/mol. The van der Waals surface area contributed by atoms with Gasteiger partial charge >= 0.3 is 6.03 Å². The van der Waals surface area contributed by atoms with Crippen molar-refractivity contribution >= 4 is 21.6 Å². The number of aromatic nitrogens is 3. The van der Waals surface area contributed by atoms with Crippen molar-refractivity contribution in [3.63, 3.8) is 0 Å². The van der Waals surface area contributed by atoms with Crippen molar-refractivity contribution < 1.29 is 22.0 Å². The van der Waals surface area contributed by atoms with Crippen LogP contribution in [-0.4, -0.2) is 52.2 Å². The first-order chi connectivity index (χ1) is 13.1. The van der Waals surface area contributed by atoms with E-state index in [1.807, 2.05) is 0 Å². The molecule has 3 rings (SSSR count). The molecule has 1 unspecified atom stereocenters. The van der Waals surface area contributed by atoms with Gasteiger partial charge in [-0.25, -0.2) is 22.6 Å². The fraction of sp³-hybridized carbons (Fsp3) is 0.471. The zero-order chi connectivity index (χ0) is 20.5. The minimum atomic E-state index is -4.25. The topological polar surface area (TPSA) is 97.2 Å². The zero-order valence-electron chi connectivity index (χ0n) is 15.5. The molecule has 1 saturated heterocycles. The molecule has 11 heteroatoms. The van der Waals surface area contributed by atoms with E-state index in [4.69, 9.17) is 0 Å². The van der Waals surface area contributed by atoms with Gasteiger partial charge in [0.2, 0.25) is 20.8 Å². The number of hydrogen-bond donors (Lipinski definition) is 1. The molecule has 152 valence electrons. The van der Waals surface area contributed by atoms with Crippen LogP contribution in [-0.2, 0) is 16.9 Å². The molecule has 0 aromatic carbocycles. The maximum absolute atomic E-state index is 15.4. The molecule has 1 aliphatic rings. The van der Waals surface area contributed by atoms with Gasteiger partial charge in [0.1, 0.15) is 0 Å². The highest BCUT2D eigenvalue weighted by Gasteiger charge is 2.49. The third-order valence-electron chi connectivity index (χ3n) is 5.07. The van der Waals surface area contributed by atoms with Crippen LogP contribution in [0.15, 0.2) is 35.6 Å². The van der Waals surface area contributed by atoms with E-state index in [9.17, 15) is 17.6 Å². The summed E-state index contributed by atoms with van der Waals surface area (Å²) in [6.45, 7) is 1.43. The van der Waals surface area contributed by atoms with E-state index in [1.165, 1.54) is 36.5 Å². The van der Waals surface area contributed by atoms with E-state index < -0.39 is 32.7 Å². The molecule has 0 saturated carbocycles. The summed E-state index contributed by atoms with van der Waals surface area (Å²) >= 11 is 0. The van der Waals surface area contributed by atoms with Crippen molar-refractivity contribution in [3.05, 3.63) is 36.5 Å². The highest BCUT2D eigenvalue weighted by molar-refractivity contribution is 7.92. The number of sulfone groups is 1. The van der Waals surface area contributed by atoms with Crippen LogP contribution in [0.2, 0.25) is 0 Å². The van der Waals surface area contributed by atoms with E-state index in [0.29, 0.717) is 0 Å². The third kappa shape index (κ3) is 3.71. The second-order valence-corrected chi connectivity index (χ2v) is 9.06. The minimum Gasteiger partial charge on any atom is -0.325 e. The smallest absolute Gasteiger partial charge is 0.321 e. The first kappa shape index (κ1) is 20.2. The van der Waals surface area contributed by atoms with Gasteiger partial charge in [-0.05, 0) is 31.9 Å². The molecule has 2 amide bonds. The average Bonchev–Trinajstić information content (AvgIpc) is 3.08. The Labute approximate surface area is 161 Å². The lowest BCUT2D eigenvalue weighted by Gasteiger charge is -2.37. The lowest BCUT2D eigenvalue weighted by Crippen LogP contribution is -2.48. The predicted octanol–water partition coefficient (Wildman–Crippen LogP) is 2.36. The SMILES string of the molecule is Cn1nccc1S(=O)(=O)C(C)(F)C1CCN(C(=O)Nc2ccnc(F)c2)CC1. The lowest BCUT2D eigenvalue weighted by atomic mass is 9.92. The summed E-state index contributed by atoms with van der Waals surface area (Å²) in [5.74, 6) is -1.49. The van der Waals surface area contributed by atoms with Gasteiger partial charge in [0, 0.05) is 44.0 Å². The number of carbonyl (C=O) groups is 1. The number of likely N-dealkylation sites (tertiary alicyclic amines) is 1. The highest BCUT2D eigenvalue weighted by Crippen LogP contribution is 2.39. The van der Waals surface area contributed by atoms with Gasteiger partial charge in [-0.15, -0.1) is 0 Å². The van der Waals surface area contributed by atoms with E-state index in [1.54, 1.807) is 0 Å². The number of anilines is 1. The second kappa shape index (κ2) is 7.46. The number of pyridine rings is 1. The number of aryl methyl sites for hydroxylation is 1. The average molecular weight is 413 g/mol. The van der Waals surface area contributed by atoms with Crippen LogP contribution < -0.4 is 5.32 Å². The number of rotatable bonds is 4. The number of halogens is 2. The fourth-order valence-corrected chi connectivity index (χ4v) is 5.05. The van der Waals surface area contributed by atoms with Crippen LogP contribution in [0.4, 0.5) is 19.3 Å². The summed E-state index contributed by atoms with van der Waals surface area (Å²) in [7, 11) is -2.81. The molecular weight excluding hydrogens is 392 g/mol. The van der Waals surface area contributed by atoms with Gasteiger partial charge in [-0.3, -0.25) is 4.68 Å². The Morgan fingerprint density at radius 3 is 2.54 bits per heavy atom. The second-order valence-electron chi connectivity index (χ2n) is 6.84. The van der Waals surface area contributed by atoms with Crippen molar-refractivity contribution in [2.24, 2.45) is 13.0 Å². The first-order valence-electron chi connectivity index (χ1n) is 8.72. The van der Waals surface area contributed by atoms with Crippen molar-refractivity contribution in [2.75, 3.05) is 18.4 Å². The van der Waals surface area contributed by atoms with Crippen LogP contribution in [0.3, 0.4) is 0 Å². The maximum atomic E-state index is 15.4. The number of nitrogens with zero attached hydrogens (tertiary/aromatic N) is 4. The highest BCUT2D eigenvalue weighted by atomic mass is 32.2. The summed E-state index contributed by atoms with van der Waals surface area (Å²) in [5.41, 5.74) is 0.258. The summed E-state index contributed by atoms with van der Waals surface area (Å²) in [5, 5.41) is 3.68. The summed E-state index contributed by atoms with van der Waals surface area (Å²) in [4.78, 5) is 17.2. The van der Waals surface area contributed by atoms with Gasteiger partial charge in [0.25, 0.3) is 0 Å². The number of carbonyl (C=O) groups excluding carboxylic acids is 1. The van der Waals surface area contributed by atoms with Gasteiger partial charge in [-0.1, -0.05) is 0 Å². The molecule has 0 bridgehead atoms. The molecule has 8 nitrogen and oxygen atoms in total. The van der Waals surface area contributed by atoms with E-state index >= 15 is 4.39 Å². The Balaban J connectivity index is 1.66. The Kier molecular flexibility index (Phi) is 5.37. The number of amides is 2. The molecule has 1 N–H and O–H groups in total. The lowest BCUT2D eigenvalue weighted by molar-refractivity contribution is 0.117. The van der Waals surface area contributed by atoms with E-state index in [-0.39, 0.29) is 36.6 Å². The standard InChI is InChI=1S/C17H21F2N5O3S/c1-17(19,28(26,27)15-4-8-21-23(15)2)12-5-9-24(10-6-12)16(25)22-13-3-7-20-14(18)11-13/h3-4,7-8,11-12H,5-6,9-10H2,1-2H3,(H,20,22,25). The van der Waals surface area contributed by atoms with Gasteiger partial charge in [-0.2, -0.15) is 9.49 Å². The Morgan fingerprint density at radius 1 is 1.29 bits per heavy atom. The number of piperidine rings is 1. The third-order valence-corrected chi connectivity index (χ3v) is 7.40. The Bertz CT molecular complexity index is 969. The van der Waals surface area contributed by atoms with Gasteiger partial charge in [0.15, 0.2) is 5.03 Å². The minimum absolute atomic E-state index is 0.183. The zero-order valence-corrected chi connectivity index (χ0v) is 16.3. The normalized spacial score (nSPS) is 17.9. The van der Waals surface area contributed by atoms with Crippen LogP contribution in [0.5, 0.6) is 0 Å². The van der Waals surface area contributed by atoms with Crippen molar-refractivity contribution in [2.45, 2.75) is 29.8 Å². The number of nitrogens with one attached hydrogen (secondary N) is 1. The predicted molar refractivity (Wildman–Crippen MR) is 97.4 cm³/mol. The molecule has 3 heterocycles. The number of urea groups is 1. The molecule has 1 aliphatic heterocycles. The summed E-state index contributed by atoms with van der Waals surface area (Å²) in [6, 6.07) is 3.35. The quantitative estimate of drug-likeness (QED) is 0.776. The maximum Gasteiger partial charge on any atom is 0.321 e. The molecule has 1 fully saturated rings. The van der Waals surface area contributed by atoms with E-state index in [0.717, 1.165) is 17.7 Å². The molecule has 0 radical (unpaired) electrons. The molecule has 0 aliphatic carbocycles. The number of alkyl halides is 1. The van der Waals surface area contributed by atoms with Crippen LogP contribution >= 0.6 is 0 Å². The van der Waals surface area contributed by atoms with Crippen molar-refractivity contribution in [1.29, 1.82) is 0 Å². The van der Waals surface area contributed by atoms with Crippen LogP contribution in [0.1, 0.15) is 19.8 Å². The summed E-state index contributed by atoms with van der Waals surface area (Å²) < 4.78 is 55.2. The van der Waals surface area contributed by atoms with Crippen LogP contribution in [0, 0.1) is 11.9 Å². The molecule has 2 aromatic rings. The molecular formula is C17H21F2N5O3S. The van der Waals surface area contributed by atoms with Crippen LogP contribution in [0.25, 0.3) is 0 Å². The van der Waals surface area contributed by atoms with E-state index in [2.05, 4.69) is 15.4 Å². The number of hydrogen-bond acceptors (Lipinski definition) is 5. The largest absolute Gasteiger partial charge is 0.325 e. The molecule has 1 atom stereocenters. The first-order valence-corrected chi connectivity index (χ1v) is 10.2. The van der Waals surface area contributed by atoms with Crippen molar-refractivity contribution in [1.82, 2.24) is 19.7 Å². The molecule has 28 heavy (non-hydrogen) atoms. The van der Waals surface area contributed by atoms with Crippen molar-refractivity contribution in [3.8, 4) is 0 Å². The summed E-state index contributed by atoms with van der Waals surface area (Å²) in [6.07, 6.45) is 2.90. The Morgan fingerprint density at radius 2 is 1.96 bits per heavy atom.